The first-order chi connectivity index (χ1) is 29.2. The second-order valence-corrected chi connectivity index (χ2v) is 21.7. The lowest BCUT2D eigenvalue weighted by atomic mass is 10.1. The molecular weight excluding hydrogens is 929 g/mol. The monoisotopic (exact) mass is 968 g/mol. The number of nitrogens with one attached hydrogen (secondary N) is 2. The fourth-order valence-electron chi connectivity index (χ4n) is 6.42. The standard InChI is InChI=1S/C38H40N4O14S6/c1-57-31-11-7-27(21-35(31)59(45,46)41-13-17-55-18-14-41)37(43)39-29-9-5-25(33(23-29)61(49,50)51)3-4-26-6-10-30(24-34(26)62(52,53)54)40-38(44)28-8-12-32(58-2)36(22-28)60(47,48)42-15-19-56-20-16-42/h3-12,21-24H,13-20H2,1-2H3,(H,39,43)(H,40,44)(H,49,50,51)(H,52,53,54). The highest BCUT2D eigenvalue weighted by molar-refractivity contribution is 7.99. The van der Waals surface area contributed by atoms with Crippen molar-refractivity contribution in [3.8, 4) is 0 Å². The molecule has 0 spiro atoms. The van der Waals surface area contributed by atoms with E-state index in [2.05, 4.69) is 10.6 Å². The van der Waals surface area contributed by atoms with Gasteiger partial charge < -0.3 is 20.1 Å². The van der Waals surface area contributed by atoms with Crippen molar-refractivity contribution in [2.45, 2.75) is 29.4 Å². The predicted octanol–water partition coefficient (Wildman–Crippen LogP) is 4.34. The smallest absolute Gasteiger partial charge is 0.295 e. The van der Waals surface area contributed by atoms with Gasteiger partial charge in [-0.25, -0.2) is 16.8 Å². The number of rotatable bonds is 14. The lowest BCUT2D eigenvalue weighted by Gasteiger charge is -2.27. The molecule has 2 amide bonds. The molecule has 6 rings (SSSR count). The highest BCUT2D eigenvalue weighted by Crippen LogP contribution is 2.32. The maximum absolute atomic E-state index is 13.5. The number of ether oxygens (including phenoxy) is 2. The molecule has 0 bridgehead atoms. The van der Waals surface area contributed by atoms with Crippen molar-refractivity contribution in [1.82, 2.24) is 8.61 Å². The zero-order valence-corrected chi connectivity index (χ0v) is 37.8. The van der Waals surface area contributed by atoms with Crippen molar-refractivity contribution in [2.24, 2.45) is 0 Å². The van der Waals surface area contributed by atoms with E-state index in [1.54, 1.807) is 12.5 Å². The van der Waals surface area contributed by atoms with Gasteiger partial charge in [0.15, 0.2) is 0 Å². The Bertz CT molecular complexity index is 2680. The van der Waals surface area contributed by atoms with Crippen LogP contribution < -0.4 is 10.6 Å². The molecule has 0 saturated carbocycles. The molecule has 332 valence electrons. The summed E-state index contributed by atoms with van der Waals surface area (Å²) in [6, 6.07) is 15.1. The zero-order chi connectivity index (χ0) is 45.0. The van der Waals surface area contributed by atoms with Gasteiger partial charge in [-0.15, -0.1) is 23.5 Å². The van der Waals surface area contributed by atoms with Gasteiger partial charge in [-0.3, -0.25) is 18.7 Å². The van der Waals surface area contributed by atoms with Gasteiger partial charge in [0.2, 0.25) is 20.0 Å². The van der Waals surface area contributed by atoms with Gasteiger partial charge >= 0.3 is 0 Å². The van der Waals surface area contributed by atoms with Crippen molar-refractivity contribution < 1.29 is 61.8 Å². The fourth-order valence-corrected chi connectivity index (χ4v) is 12.9. The molecule has 0 unspecified atom stereocenters. The molecule has 4 N–H and O–H groups in total. The molecule has 4 aromatic carbocycles. The number of hydrogen-bond acceptors (Lipinski definition) is 14. The lowest BCUT2D eigenvalue weighted by Crippen LogP contribution is -2.40. The SMILES string of the molecule is CSc1ccc(C(=O)Nc2ccc(C=Cc3ccc(NC(=O)c4ccc(SC)c(S(=O)(=O)N5CCOCC5)c4)cc3S(=O)(=O)O)c(S(=O)(=O)O)c2)cc1S(=O)(=O)N1CCOCC1. The minimum Gasteiger partial charge on any atom is -0.379 e. The molecule has 2 heterocycles. The van der Waals surface area contributed by atoms with E-state index in [-0.39, 0.29) is 96.0 Å². The topological polar surface area (TPSA) is 260 Å². The van der Waals surface area contributed by atoms with Crippen LogP contribution in [0, 0.1) is 0 Å². The van der Waals surface area contributed by atoms with Crippen LogP contribution in [-0.2, 0) is 49.8 Å². The first kappa shape index (κ1) is 47.3. The van der Waals surface area contributed by atoms with Crippen LogP contribution in [0.5, 0.6) is 0 Å². The molecule has 2 aliphatic rings. The molecule has 24 heteroatoms. The molecule has 18 nitrogen and oxygen atoms in total. The highest BCUT2D eigenvalue weighted by Gasteiger charge is 2.31. The summed E-state index contributed by atoms with van der Waals surface area (Å²) in [6.45, 7) is 1.40. The summed E-state index contributed by atoms with van der Waals surface area (Å²) in [7, 11) is -18.0. The van der Waals surface area contributed by atoms with Crippen molar-refractivity contribution in [2.75, 3.05) is 75.8 Å². The fraction of sp³-hybridized carbons (Fsp3) is 0.263. The summed E-state index contributed by atoms with van der Waals surface area (Å²) >= 11 is 2.35. The number of nitrogens with zero attached hydrogens (tertiary/aromatic N) is 2. The Morgan fingerprint density at radius 2 is 0.903 bits per heavy atom. The summed E-state index contributed by atoms with van der Waals surface area (Å²) in [6.07, 6.45) is 5.64. The number of thioether (sulfide) groups is 2. The molecule has 0 radical (unpaired) electrons. The quantitative estimate of drug-likeness (QED) is 0.0778. The van der Waals surface area contributed by atoms with Crippen molar-refractivity contribution >= 4 is 99.1 Å². The third-order valence-electron chi connectivity index (χ3n) is 9.57. The predicted molar refractivity (Wildman–Crippen MR) is 233 cm³/mol. The van der Waals surface area contributed by atoms with Gasteiger partial charge in [-0.2, -0.15) is 25.4 Å². The third-order valence-corrected chi connectivity index (χ3v) is 17.1. The second-order valence-electron chi connectivity index (χ2n) is 13.5. The van der Waals surface area contributed by atoms with Crippen LogP contribution in [0.2, 0.25) is 0 Å². The van der Waals surface area contributed by atoms with Gasteiger partial charge in [0.05, 0.1) is 36.2 Å². The van der Waals surface area contributed by atoms with E-state index in [1.165, 1.54) is 92.8 Å². The third kappa shape index (κ3) is 10.8. The van der Waals surface area contributed by atoms with Gasteiger partial charge in [-0.05, 0) is 84.3 Å². The highest BCUT2D eigenvalue weighted by atomic mass is 32.2. The maximum Gasteiger partial charge on any atom is 0.295 e. The van der Waals surface area contributed by atoms with Gasteiger partial charge in [0.25, 0.3) is 32.1 Å². The zero-order valence-electron chi connectivity index (χ0n) is 32.9. The van der Waals surface area contributed by atoms with Crippen molar-refractivity contribution in [3.05, 3.63) is 95.1 Å². The normalized spacial score (nSPS) is 16.0. The number of hydrogen-bond donors (Lipinski definition) is 4. The number of carbonyl (C=O) groups excluding carboxylic acids is 2. The summed E-state index contributed by atoms with van der Waals surface area (Å²) in [5.41, 5.74) is -0.635. The summed E-state index contributed by atoms with van der Waals surface area (Å²) in [4.78, 5) is 26.0. The number of morpholine rings is 2. The van der Waals surface area contributed by atoms with Crippen LogP contribution in [0.1, 0.15) is 31.8 Å². The van der Waals surface area contributed by atoms with Crippen molar-refractivity contribution in [1.29, 1.82) is 0 Å². The van der Waals surface area contributed by atoms with E-state index in [9.17, 15) is 52.4 Å². The van der Waals surface area contributed by atoms with Crippen LogP contribution in [0.15, 0.2) is 102 Å². The van der Waals surface area contributed by atoms with E-state index in [4.69, 9.17) is 9.47 Å². The number of sulfonamides is 2. The molecule has 0 aliphatic carbocycles. The van der Waals surface area contributed by atoms with Gasteiger partial charge in [-0.1, -0.05) is 24.3 Å². The number of benzene rings is 4. The first-order valence-corrected chi connectivity index (χ1v) is 26.5. The van der Waals surface area contributed by atoms with Gasteiger partial charge in [0, 0.05) is 58.5 Å². The Hall–Kier alpha value is -4.18. The van der Waals surface area contributed by atoms with Crippen LogP contribution in [0.4, 0.5) is 11.4 Å². The van der Waals surface area contributed by atoms with Gasteiger partial charge in [0.1, 0.15) is 9.79 Å². The number of carbonyl (C=O) groups is 2. The Morgan fingerprint density at radius 1 is 0.548 bits per heavy atom. The molecule has 2 aliphatic heterocycles. The Balaban J connectivity index is 1.24. The summed E-state index contributed by atoms with van der Waals surface area (Å²) < 4.78 is 137. The first-order valence-electron chi connectivity index (χ1n) is 18.3. The minimum atomic E-state index is -4.98. The van der Waals surface area contributed by atoms with Crippen LogP contribution in [-0.4, -0.2) is 128 Å². The summed E-state index contributed by atoms with van der Waals surface area (Å²) in [5, 5.41) is 5.01. The average molecular weight is 969 g/mol. The second kappa shape index (κ2) is 19.3. The lowest BCUT2D eigenvalue weighted by molar-refractivity contribution is 0.0729. The molecule has 2 fully saturated rings. The Kier molecular flexibility index (Phi) is 14.7. The number of amides is 2. The minimum absolute atomic E-state index is 0.0561. The molecule has 0 atom stereocenters. The Labute approximate surface area is 367 Å². The summed E-state index contributed by atoms with van der Waals surface area (Å²) in [5.74, 6) is -1.58. The van der Waals surface area contributed by atoms with E-state index >= 15 is 0 Å². The van der Waals surface area contributed by atoms with Crippen LogP contribution in [0.25, 0.3) is 12.2 Å². The molecular formula is C38H40N4O14S6. The van der Waals surface area contributed by atoms with E-state index < -0.39 is 61.9 Å². The van der Waals surface area contributed by atoms with E-state index in [0.717, 1.165) is 24.3 Å². The largest absolute Gasteiger partial charge is 0.379 e. The molecule has 62 heavy (non-hydrogen) atoms. The van der Waals surface area contributed by atoms with Crippen molar-refractivity contribution in [3.63, 3.8) is 0 Å². The molecule has 0 aromatic heterocycles. The maximum atomic E-state index is 13.5. The Morgan fingerprint density at radius 3 is 1.23 bits per heavy atom. The van der Waals surface area contributed by atoms with E-state index in [0.29, 0.717) is 9.79 Å². The van der Waals surface area contributed by atoms with Crippen LogP contribution in [0.3, 0.4) is 0 Å². The number of anilines is 2. The average Bonchev–Trinajstić information content (AvgIpc) is 3.25. The van der Waals surface area contributed by atoms with E-state index in [1.807, 2.05) is 0 Å². The van der Waals surface area contributed by atoms with Crippen LogP contribution >= 0.6 is 23.5 Å². The molecule has 4 aromatic rings. The molecule has 2 saturated heterocycles.